The quantitative estimate of drug-likeness (QED) is 0.616. The van der Waals surface area contributed by atoms with Crippen molar-refractivity contribution in [2.24, 2.45) is 0 Å². The number of carbonyl (C=O) groups is 1. The van der Waals surface area contributed by atoms with Crippen LogP contribution in [0.4, 0.5) is 0 Å². The molecule has 2 heterocycles. The fourth-order valence-corrected chi connectivity index (χ4v) is 3.02. The number of aromatic nitrogens is 2. The highest BCUT2D eigenvalue weighted by Crippen LogP contribution is 2.22. The Morgan fingerprint density at radius 2 is 1.96 bits per heavy atom. The van der Waals surface area contributed by atoms with Gasteiger partial charge in [0.25, 0.3) is 11.5 Å². The summed E-state index contributed by atoms with van der Waals surface area (Å²) < 4.78 is 0. The van der Waals surface area contributed by atoms with Crippen LogP contribution < -0.4 is 10.9 Å². The van der Waals surface area contributed by atoms with Crippen molar-refractivity contribution in [3.8, 4) is 11.1 Å². The Kier molecular flexibility index (Phi) is 6.01. The molecule has 0 aliphatic carbocycles. The Hall–Kier alpha value is -3.25. The second-order valence-corrected chi connectivity index (χ2v) is 6.61. The molecular formula is C22H23N3O3. The standard InChI is InChI=1S/C22H23N3O3/c1-3-15-10-19(14(2)25-22(15)28)17-9-18(12-23-11-17)21(27)24-13-20(26)16-7-5-4-6-8-16/h4-12,20,26H,3,13H2,1-2H3,(H,24,27)(H,25,28). The molecule has 6 heteroatoms. The first-order valence-corrected chi connectivity index (χ1v) is 9.19. The summed E-state index contributed by atoms with van der Waals surface area (Å²) in [6.07, 6.45) is 2.98. The summed E-state index contributed by atoms with van der Waals surface area (Å²) >= 11 is 0. The average Bonchev–Trinajstić information content (AvgIpc) is 2.72. The van der Waals surface area contributed by atoms with E-state index in [2.05, 4.69) is 15.3 Å². The monoisotopic (exact) mass is 377 g/mol. The number of nitrogens with zero attached hydrogens (tertiary/aromatic N) is 1. The molecule has 0 saturated heterocycles. The number of H-pyrrole nitrogens is 1. The average molecular weight is 377 g/mol. The number of hydrogen-bond donors (Lipinski definition) is 3. The number of hydrogen-bond acceptors (Lipinski definition) is 4. The van der Waals surface area contributed by atoms with Crippen molar-refractivity contribution in [2.45, 2.75) is 26.4 Å². The Morgan fingerprint density at radius 3 is 2.68 bits per heavy atom. The molecule has 1 unspecified atom stereocenters. The lowest BCUT2D eigenvalue weighted by molar-refractivity contribution is 0.0916. The number of aliphatic hydroxyl groups excluding tert-OH is 1. The maximum atomic E-state index is 12.5. The molecule has 6 nitrogen and oxygen atoms in total. The lowest BCUT2D eigenvalue weighted by atomic mass is 10.0. The van der Waals surface area contributed by atoms with Crippen LogP contribution in [-0.4, -0.2) is 27.5 Å². The van der Waals surface area contributed by atoms with Gasteiger partial charge in [0.2, 0.25) is 0 Å². The molecule has 0 fully saturated rings. The predicted octanol–water partition coefficient (Wildman–Crippen LogP) is 2.77. The molecule has 1 aromatic carbocycles. The molecule has 1 atom stereocenters. The van der Waals surface area contributed by atoms with E-state index in [1.165, 1.54) is 6.20 Å². The maximum Gasteiger partial charge on any atom is 0.252 e. The number of aryl methyl sites for hydroxylation is 2. The van der Waals surface area contributed by atoms with Crippen molar-refractivity contribution in [1.29, 1.82) is 0 Å². The second-order valence-electron chi connectivity index (χ2n) is 6.61. The summed E-state index contributed by atoms with van der Waals surface area (Å²) in [6.45, 7) is 3.84. The summed E-state index contributed by atoms with van der Waals surface area (Å²) in [5.74, 6) is -0.317. The molecule has 3 aromatic rings. The first-order valence-electron chi connectivity index (χ1n) is 9.19. The second kappa shape index (κ2) is 8.63. The zero-order chi connectivity index (χ0) is 20.1. The Morgan fingerprint density at radius 1 is 1.21 bits per heavy atom. The van der Waals surface area contributed by atoms with E-state index < -0.39 is 6.10 Å². The minimum Gasteiger partial charge on any atom is -0.387 e. The Balaban J connectivity index is 1.78. The van der Waals surface area contributed by atoms with E-state index >= 15 is 0 Å². The summed E-state index contributed by atoms with van der Waals surface area (Å²) in [4.78, 5) is 31.5. The number of aromatic amines is 1. The topological polar surface area (TPSA) is 95.1 Å². The zero-order valence-electron chi connectivity index (χ0n) is 15.9. The number of aliphatic hydroxyl groups is 1. The lowest BCUT2D eigenvalue weighted by Crippen LogP contribution is -2.28. The molecule has 0 saturated carbocycles. The highest BCUT2D eigenvalue weighted by atomic mass is 16.3. The number of pyridine rings is 2. The number of rotatable bonds is 6. The minimum atomic E-state index is -0.783. The van der Waals surface area contributed by atoms with Gasteiger partial charge in [-0.1, -0.05) is 37.3 Å². The van der Waals surface area contributed by atoms with Crippen LogP contribution in [0.1, 0.15) is 40.2 Å². The maximum absolute atomic E-state index is 12.5. The highest BCUT2D eigenvalue weighted by Gasteiger charge is 2.13. The molecule has 0 spiro atoms. The van der Waals surface area contributed by atoms with Gasteiger partial charge >= 0.3 is 0 Å². The third kappa shape index (κ3) is 4.35. The summed E-state index contributed by atoms with van der Waals surface area (Å²) in [6, 6.07) is 12.7. The van der Waals surface area contributed by atoms with Gasteiger partial charge in [-0.2, -0.15) is 0 Å². The number of nitrogens with one attached hydrogen (secondary N) is 2. The normalized spacial score (nSPS) is 11.8. The van der Waals surface area contributed by atoms with E-state index in [1.807, 2.05) is 50.2 Å². The van der Waals surface area contributed by atoms with Crippen LogP contribution >= 0.6 is 0 Å². The fourth-order valence-electron chi connectivity index (χ4n) is 3.02. The molecule has 0 aliphatic rings. The Labute approximate surface area is 163 Å². The SMILES string of the molecule is CCc1cc(-c2cncc(C(=O)NCC(O)c3ccccc3)c2)c(C)[nH]c1=O. The van der Waals surface area contributed by atoms with Crippen LogP contribution in [0.25, 0.3) is 11.1 Å². The molecule has 28 heavy (non-hydrogen) atoms. The van der Waals surface area contributed by atoms with Gasteiger partial charge < -0.3 is 15.4 Å². The molecule has 3 N–H and O–H groups in total. The van der Waals surface area contributed by atoms with E-state index in [9.17, 15) is 14.7 Å². The van der Waals surface area contributed by atoms with Crippen molar-refractivity contribution in [2.75, 3.05) is 6.54 Å². The molecule has 1 amide bonds. The predicted molar refractivity (Wildman–Crippen MR) is 108 cm³/mol. The van der Waals surface area contributed by atoms with Gasteiger partial charge in [-0.3, -0.25) is 14.6 Å². The van der Waals surface area contributed by atoms with Crippen LogP contribution in [0.15, 0.2) is 59.7 Å². The van der Waals surface area contributed by atoms with Crippen molar-refractivity contribution in [3.05, 3.63) is 87.6 Å². The molecule has 3 rings (SSSR count). The van der Waals surface area contributed by atoms with Crippen LogP contribution in [0, 0.1) is 6.92 Å². The van der Waals surface area contributed by atoms with Crippen LogP contribution in [0.3, 0.4) is 0 Å². The minimum absolute atomic E-state index is 0.0968. The van der Waals surface area contributed by atoms with Gasteiger partial charge in [-0.25, -0.2) is 0 Å². The van der Waals surface area contributed by atoms with E-state index in [1.54, 1.807) is 12.3 Å². The third-order valence-electron chi connectivity index (χ3n) is 4.65. The smallest absolute Gasteiger partial charge is 0.252 e. The van der Waals surface area contributed by atoms with Crippen molar-refractivity contribution < 1.29 is 9.90 Å². The van der Waals surface area contributed by atoms with Crippen molar-refractivity contribution in [3.63, 3.8) is 0 Å². The molecule has 0 bridgehead atoms. The third-order valence-corrected chi connectivity index (χ3v) is 4.65. The first-order chi connectivity index (χ1) is 13.5. The van der Waals surface area contributed by atoms with E-state index in [-0.39, 0.29) is 18.0 Å². The molecule has 2 aromatic heterocycles. The summed E-state index contributed by atoms with van der Waals surface area (Å²) in [5, 5.41) is 12.9. The van der Waals surface area contributed by atoms with Gasteiger partial charge in [-0.15, -0.1) is 0 Å². The summed E-state index contributed by atoms with van der Waals surface area (Å²) in [7, 11) is 0. The van der Waals surface area contributed by atoms with Crippen molar-refractivity contribution in [1.82, 2.24) is 15.3 Å². The lowest BCUT2D eigenvalue weighted by Gasteiger charge is -2.13. The highest BCUT2D eigenvalue weighted by molar-refractivity contribution is 5.95. The van der Waals surface area contributed by atoms with Gasteiger partial charge in [0, 0.05) is 41.3 Å². The Bertz CT molecular complexity index is 1030. The van der Waals surface area contributed by atoms with Gasteiger partial charge in [-0.05, 0) is 31.0 Å². The number of benzene rings is 1. The van der Waals surface area contributed by atoms with Gasteiger partial charge in [0.1, 0.15) is 0 Å². The van der Waals surface area contributed by atoms with Crippen molar-refractivity contribution >= 4 is 5.91 Å². The molecule has 0 radical (unpaired) electrons. The number of amides is 1. The first kappa shape index (κ1) is 19.5. The van der Waals surface area contributed by atoms with Crippen LogP contribution in [-0.2, 0) is 6.42 Å². The van der Waals surface area contributed by atoms with Crippen LogP contribution in [0.2, 0.25) is 0 Å². The van der Waals surface area contributed by atoms with Crippen LogP contribution in [0.5, 0.6) is 0 Å². The molecule has 0 aliphatic heterocycles. The van der Waals surface area contributed by atoms with E-state index in [4.69, 9.17) is 0 Å². The molecule has 144 valence electrons. The summed E-state index contributed by atoms with van der Waals surface area (Å²) in [5.41, 5.74) is 4.03. The molecular weight excluding hydrogens is 354 g/mol. The van der Waals surface area contributed by atoms with E-state index in [0.717, 1.165) is 22.4 Å². The van der Waals surface area contributed by atoms with E-state index in [0.29, 0.717) is 17.5 Å². The number of carbonyl (C=O) groups excluding carboxylic acids is 1. The van der Waals surface area contributed by atoms with Gasteiger partial charge in [0.15, 0.2) is 0 Å². The fraction of sp³-hybridized carbons (Fsp3) is 0.227. The largest absolute Gasteiger partial charge is 0.387 e. The zero-order valence-corrected chi connectivity index (χ0v) is 15.9. The van der Waals surface area contributed by atoms with Gasteiger partial charge in [0.05, 0.1) is 11.7 Å².